The molecule has 0 radical (unpaired) electrons. The normalized spacial score (nSPS) is 14.3. The molecule has 0 atom stereocenters. The van der Waals surface area contributed by atoms with Gasteiger partial charge in [0.2, 0.25) is 0 Å². The number of carbonyl (C=O) groups is 2. The fourth-order valence-corrected chi connectivity index (χ4v) is 4.49. The molecule has 3 aromatic carbocycles. The minimum atomic E-state index is -0.513. The largest absolute Gasteiger partial charge is 0.508 e. The minimum absolute atomic E-state index is 0.0399. The highest BCUT2D eigenvalue weighted by atomic mass is 32.2. The summed E-state index contributed by atoms with van der Waals surface area (Å²) in [5.41, 5.74) is 4.71. The van der Waals surface area contributed by atoms with Gasteiger partial charge in [0.15, 0.2) is 15.8 Å². The van der Waals surface area contributed by atoms with Crippen LogP contribution in [0.15, 0.2) is 77.7 Å². The van der Waals surface area contributed by atoms with Crippen molar-refractivity contribution in [3.05, 3.63) is 94.4 Å². The summed E-state index contributed by atoms with van der Waals surface area (Å²) in [6.07, 6.45) is 2.45. The smallest absolute Gasteiger partial charge is 0.285 e. The fourth-order valence-electron chi connectivity index (χ4n) is 3.31. The van der Waals surface area contributed by atoms with E-state index in [9.17, 15) is 14.7 Å². The molecule has 1 aliphatic heterocycles. The average molecular weight is 507 g/mol. The summed E-state index contributed by atoms with van der Waals surface area (Å²) >= 11 is 6.37. The van der Waals surface area contributed by atoms with Gasteiger partial charge >= 0.3 is 0 Å². The third kappa shape index (κ3) is 6.00. The maximum absolute atomic E-state index is 12.9. The lowest BCUT2D eigenvalue weighted by Gasteiger charge is -2.15. The lowest BCUT2D eigenvalue weighted by atomic mass is 10.1. The number of aromatic hydroxyl groups is 1. The molecule has 0 aromatic heterocycles. The second kappa shape index (κ2) is 11.1. The second-order valence-electron chi connectivity index (χ2n) is 7.50. The lowest BCUT2D eigenvalue weighted by molar-refractivity contribution is -0.123. The van der Waals surface area contributed by atoms with E-state index >= 15 is 0 Å². The molecule has 2 N–H and O–H groups in total. The van der Waals surface area contributed by atoms with E-state index < -0.39 is 11.8 Å². The van der Waals surface area contributed by atoms with Crippen LogP contribution in [0.25, 0.3) is 6.08 Å². The van der Waals surface area contributed by atoms with Gasteiger partial charge in [0, 0.05) is 12.0 Å². The monoisotopic (exact) mass is 506 g/mol. The van der Waals surface area contributed by atoms with Crippen molar-refractivity contribution in [3.63, 3.8) is 0 Å². The molecular weight excluding hydrogens is 484 g/mol. The van der Waals surface area contributed by atoms with Gasteiger partial charge in [-0.05, 0) is 65.8 Å². The third-order valence-corrected chi connectivity index (χ3v) is 6.42. The zero-order valence-corrected chi connectivity index (χ0v) is 20.4. The van der Waals surface area contributed by atoms with Gasteiger partial charge in [0.25, 0.3) is 11.8 Å². The molecule has 1 fully saturated rings. The molecule has 0 bridgehead atoms. The van der Waals surface area contributed by atoms with Crippen LogP contribution in [0, 0.1) is 0 Å². The molecule has 2 amide bonds. The number of benzene rings is 3. The molecule has 0 unspecified atom stereocenters. The number of hydrazine groups is 1. The number of hydrogen-bond donors (Lipinski definition) is 2. The van der Waals surface area contributed by atoms with E-state index in [1.165, 1.54) is 29.8 Å². The van der Waals surface area contributed by atoms with Gasteiger partial charge in [-0.25, -0.2) is 0 Å². The number of amides is 2. The van der Waals surface area contributed by atoms with Crippen LogP contribution in [-0.2, 0) is 11.2 Å². The predicted molar refractivity (Wildman–Crippen MR) is 139 cm³/mol. The van der Waals surface area contributed by atoms with Crippen molar-refractivity contribution in [2.75, 3.05) is 13.7 Å². The molecular formula is C26H22N2O5S2. The quantitative estimate of drug-likeness (QED) is 0.342. The van der Waals surface area contributed by atoms with Crippen molar-refractivity contribution in [2.24, 2.45) is 0 Å². The number of thioether (sulfide) groups is 1. The van der Waals surface area contributed by atoms with E-state index in [0.29, 0.717) is 23.0 Å². The molecule has 0 saturated carbocycles. The van der Waals surface area contributed by atoms with Crippen LogP contribution in [0.1, 0.15) is 21.5 Å². The second-order valence-corrected chi connectivity index (χ2v) is 9.18. The highest BCUT2D eigenvalue weighted by Crippen LogP contribution is 2.34. The number of methoxy groups -OCH3 is 1. The van der Waals surface area contributed by atoms with Gasteiger partial charge in [-0.15, -0.1) is 0 Å². The number of phenolic OH excluding ortho intramolecular Hbond substituents is 1. The van der Waals surface area contributed by atoms with Crippen molar-refractivity contribution >= 4 is 46.2 Å². The molecule has 9 heteroatoms. The van der Waals surface area contributed by atoms with E-state index in [4.69, 9.17) is 21.7 Å². The molecule has 1 saturated heterocycles. The van der Waals surface area contributed by atoms with Crippen LogP contribution in [0.3, 0.4) is 0 Å². The summed E-state index contributed by atoms with van der Waals surface area (Å²) in [7, 11) is 1.56. The number of phenols is 1. The molecule has 1 heterocycles. The van der Waals surface area contributed by atoms with E-state index in [-0.39, 0.29) is 15.6 Å². The zero-order valence-electron chi connectivity index (χ0n) is 18.8. The first-order valence-electron chi connectivity index (χ1n) is 10.7. The molecule has 35 heavy (non-hydrogen) atoms. The highest BCUT2D eigenvalue weighted by molar-refractivity contribution is 8.26. The molecule has 178 valence electrons. The summed E-state index contributed by atoms with van der Waals surface area (Å²) < 4.78 is 11.6. The van der Waals surface area contributed by atoms with Crippen molar-refractivity contribution in [1.29, 1.82) is 0 Å². The van der Waals surface area contributed by atoms with Crippen molar-refractivity contribution in [3.8, 4) is 17.2 Å². The Morgan fingerprint density at radius 2 is 1.83 bits per heavy atom. The van der Waals surface area contributed by atoms with Crippen molar-refractivity contribution < 1.29 is 24.2 Å². The Kier molecular flexibility index (Phi) is 7.69. The molecule has 3 aromatic rings. The number of ether oxygens (including phenoxy) is 2. The Balaban J connectivity index is 1.42. The Morgan fingerprint density at radius 3 is 2.54 bits per heavy atom. The number of rotatable bonds is 8. The van der Waals surface area contributed by atoms with Gasteiger partial charge < -0.3 is 14.6 Å². The minimum Gasteiger partial charge on any atom is -0.508 e. The summed E-state index contributed by atoms with van der Waals surface area (Å²) in [6, 6.07) is 21.1. The van der Waals surface area contributed by atoms with Crippen molar-refractivity contribution in [2.45, 2.75) is 6.42 Å². The lowest BCUT2D eigenvalue weighted by Crippen LogP contribution is -2.44. The van der Waals surface area contributed by atoms with Gasteiger partial charge in [0.05, 0.1) is 18.6 Å². The molecule has 4 rings (SSSR count). The molecule has 7 nitrogen and oxygen atoms in total. The van der Waals surface area contributed by atoms with Gasteiger partial charge in [-0.3, -0.25) is 15.0 Å². The summed E-state index contributed by atoms with van der Waals surface area (Å²) in [5, 5.41) is 10.4. The average Bonchev–Trinajstić information content (AvgIpc) is 3.13. The summed E-state index contributed by atoms with van der Waals surface area (Å²) in [4.78, 5) is 25.7. The zero-order chi connectivity index (χ0) is 24.8. The standard InChI is InChI=1S/C26H22N2O5S2/c1-32-22-15-18(7-12-21(22)33-14-13-17-5-3-2-4-6-17)16-23-25(31)28(26(34)35-23)27-24(30)19-8-10-20(29)11-9-19/h2-12,15-16,29H,13-14H2,1H3,(H,27,30)/b23-16-. The van der Waals surface area contributed by atoms with Gasteiger partial charge in [-0.1, -0.05) is 48.2 Å². The SMILES string of the molecule is COc1cc(/C=C2\SC(=S)N(NC(=O)c3ccc(O)cc3)C2=O)ccc1OCCc1ccccc1. The number of nitrogens with zero attached hydrogens (tertiary/aromatic N) is 1. The number of thiocarbonyl (C=S) groups is 1. The Hall–Kier alpha value is -3.82. The molecule has 0 spiro atoms. The first kappa shape index (κ1) is 24.3. The Bertz CT molecular complexity index is 1280. The van der Waals surface area contributed by atoms with Crippen LogP contribution in [-0.4, -0.2) is 40.0 Å². The summed E-state index contributed by atoms with van der Waals surface area (Å²) in [6.45, 7) is 0.499. The number of nitrogens with one attached hydrogen (secondary N) is 1. The van der Waals surface area contributed by atoms with Gasteiger partial charge in [-0.2, -0.15) is 5.01 Å². The van der Waals surface area contributed by atoms with Crippen LogP contribution in [0.4, 0.5) is 0 Å². The van der Waals surface area contributed by atoms with E-state index in [2.05, 4.69) is 5.43 Å². The summed E-state index contributed by atoms with van der Waals surface area (Å²) in [5.74, 6) is 0.242. The van der Waals surface area contributed by atoms with E-state index in [1.54, 1.807) is 25.3 Å². The topological polar surface area (TPSA) is 88.1 Å². The third-order valence-electron chi connectivity index (χ3n) is 5.11. The van der Waals surface area contributed by atoms with E-state index in [0.717, 1.165) is 28.8 Å². The maximum atomic E-state index is 12.9. The highest BCUT2D eigenvalue weighted by Gasteiger charge is 2.33. The Labute approximate surface area is 212 Å². The maximum Gasteiger partial charge on any atom is 0.285 e. The number of carbonyl (C=O) groups excluding carboxylic acids is 2. The number of hydrogen-bond acceptors (Lipinski definition) is 7. The van der Waals surface area contributed by atoms with Crippen LogP contribution >= 0.6 is 24.0 Å². The van der Waals surface area contributed by atoms with Crippen LogP contribution in [0.2, 0.25) is 0 Å². The Morgan fingerprint density at radius 1 is 1.09 bits per heavy atom. The van der Waals surface area contributed by atoms with Crippen LogP contribution in [0.5, 0.6) is 17.2 Å². The molecule has 1 aliphatic rings. The van der Waals surface area contributed by atoms with Crippen molar-refractivity contribution in [1.82, 2.24) is 10.4 Å². The first-order chi connectivity index (χ1) is 16.9. The predicted octanol–water partition coefficient (Wildman–Crippen LogP) is 4.57. The van der Waals surface area contributed by atoms with Crippen LogP contribution < -0.4 is 14.9 Å². The van der Waals surface area contributed by atoms with E-state index in [1.807, 2.05) is 36.4 Å². The van der Waals surface area contributed by atoms with Gasteiger partial charge in [0.1, 0.15) is 5.75 Å². The molecule has 0 aliphatic carbocycles. The fraction of sp³-hybridized carbons (Fsp3) is 0.115. The first-order valence-corrected chi connectivity index (χ1v) is 11.9.